The first-order valence-corrected chi connectivity index (χ1v) is 11.0. The van der Waals surface area contributed by atoms with Crippen LogP contribution in [0.15, 0.2) is 48.5 Å². The van der Waals surface area contributed by atoms with Crippen LogP contribution in [0.3, 0.4) is 0 Å². The molecular formula is C25H26N4O4. The Bertz CT molecular complexity index is 1160. The highest BCUT2D eigenvalue weighted by atomic mass is 16.7. The lowest BCUT2D eigenvalue weighted by atomic mass is 10.1. The molecule has 2 aromatic carbocycles. The van der Waals surface area contributed by atoms with Crippen LogP contribution in [0.2, 0.25) is 0 Å². The first kappa shape index (κ1) is 21.1. The average Bonchev–Trinajstić information content (AvgIpc) is 3.32. The fourth-order valence-electron chi connectivity index (χ4n) is 4.08. The van der Waals surface area contributed by atoms with Gasteiger partial charge in [0.15, 0.2) is 23.9 Å². The smallest absolute Gasteiger partial charge is 0.260 e. The largest absolute Gasteiger partial charge is 0.484 e. The minimum Gasteiger partial charge on any atom is -0.484 e. The van der Waals surface area contributed by atoms with Crippen molar-refractivity contribution in [1.29, 1.82) is 0 Å². The van der Waals surface area contributed by atoms with E-state index in [9.17, 15) is 4.79 Å². The summed E-state index contributed by atoms with van der Waals surface area (Å²) >= 11 is 0. The van der Waals surface area contributed by atoms with E-state index in [0.717, 1.165) is 39.9 Å². The zero-order valence-electron chi connectivity index (χ0n) is 18.8. The minimum atomic E-state index is -0.00105. The number of hydrogen-bond acceptors (Lipinski definition) is 7. The molecule has 3 heterocycles. The maximum atomic E-state index is 12.6. The first-order valence-electron chi connectivity index (χ1n) is 11.0. The van der Waals surface area contributed by atoms with Crippen LogP contribution in [0, 0.1) is 13.8 Å². The lowest BCUT2D eigenvalue weighted by Gasteiger charge is -2.35. The van der Waals surface area contributed by atoms with Crippen LogP contribution in [0.25, 0.3) is 11.3 Å². The van der Waals surface area contributed by atoms with Gasteiger partial charge in [-0.2, -0.15) is 0 Å². The van der Waals surface area contributed by atoms with Gasteiger partial charge in [-0.05, 0) is 55.8 Å². The zero-order chi connectivity index (χ0) is 22.8. The molecule has 8 nitrogen and oxygen atoms in total. The van der Waals surface area contributed by atoms with Crippen molar-refractivity contribution >= 4 is 11.7 Å². The van der Waals surface area contributed by atoms with E-state index in [1.807, 2.05) is 61.2 Å². The molecule has 0 aliphatic carbocycles. The summed E-state index contributed by atoms with van der Waals surface area (Å²) in [6.07, 6.45) is 0. The van der Waals surface area contributed by atoms with Crippen molar-refractivity contribution in [3.8, 4) is 28.5 Å². The molecule has 0 atom stereocenters. The number of nitrogens with zero attached hydrogens (tertiary/aromatic N) is 4. The molecule has 5 rings (SSSR count). The van der Waals surface area contributed by atoms with Gasteiger partial charge >= 0.3 is 0 Å². The van der Waals surface area contributed by atoms with Gasteiger partial charge in [0.2, 0.25) is 6.79 Å². The lowest BCUT2D eigenvalue weighted by Crippen LogP contribution is -2.50. The first-order chi connectivity index (χ1) is 16.1. The lowest BCUT2D eigenvalue weighted by molar-refractivity contribution is -0.133. The normalized spacial score (nSPS) is 15.0. The molecule has 0 radical (unpaired) electrons. The number of rotatable bonds is 5. The van der Waals surface area contributed by atoms with E-state index >= 15 is 0 Å². The number of hydrogen-bond donors (Lipinski definition) is 0. The standard InChI is InChI=1S/C25H26N4O4/c1-17-3-6-21(18(2)13-17)31-15-25(30)29-11-9-28(10-12-29)24-8-5-20(26-27-24)19-4-7-22-23(14-19)33-16-32-22/h3-8,13-14H,9-12,15-16H2,1-2H3. The Morgan fingerprint density at radius 3 is 2.52 bits per heavy atom. The van der Waals surface area contributed by atoms with Crippen molar-refractivity contribution < 1.29 is 19.0 Å². The van der Waals surface area contributed by atoms with Crippen LogP contribution in [-0.2, 0) is 4.79 Å². The van der Waals surface area contributed by atoms with Crippen LogP contribution >= 0.6 is 0 Å². The van der Waals surface area contributed by atoms with E-state index in [4.69, 9.17) is 14.2 Å². The Balaban J connectivity index is 1.15. The Morgan fingerprint density at radius 2 is 1.76 bits per heavy atom. The second kappa shape index (κ2) is 8.97. The monoisotopic (exact) mass is 446 g/mol. The second-order valence-electron chi connectivity index (χ2n) is 8.27. The van der Waals surface area contributed by atoms with E-state index in [1.165, 1.54) is 5.56 Å². The van der Waals surface area contributed by atoms with Gasteiger partial charge in [0, 0.05) is 31.7 Å². The summed E-state index contributed by atoms with van der Waals surface area (Å²) in [7, 11) is 0. The quantitative estimate of drug-likeness (QED) is 0.596. The number of piperazine rings is 1. The number of ether oxygens (including phenoxy) is 3. The predicted octanol–water partition coefficient (Wildman–Crippen LogP) is 3.22. The molecular weight excluding hydrogens is 420 g/mol. The molecule has 1 fully saturated rings. The molecule has 1 amide bonds. The van der Waals surface area contributed by atoms with Crippen LogP contribution in [0.5, 0.6) is 17.2 Å². The summed E-state index contributed by atoms with van der Waals surface area (Å²) in [5.74, 6) is 3.03. The van der Waals surface area contributed by atoms with Crippen LogP contribution < -0.4 is 19.1 Å². The maximum absolute atomic E-state index is 12.6. The number of carbonyl (C=O) groups is 1. The number of amides is 1. The topological polar surface area (TPSA) is 77.0 Å². The number of anilines is 1. The van der Waals surface area contributed by atoms with Crippen LogP contribution in [0.4, 0.5) is 5.82 Å². The molecule has 1 saturated heterocycles. The Morgan fingerprint density at radius 1 is 0.939 bits per heavy atom. The van der Waals surface area contributed by atoms with Gasteiger partial charge in [-0.1, -0.05) is 17.7 Å². The zero-order valence-corrected chi connectivity index (χ0v) is 18.8. The molecule has 170 valence electrons. The van der Waals surface area contributed by atoms with E-state index in [-0.39, 0.29) is 19.3 Å². The van der Waals surface area contributed by atoms with Crippen LogP contribution in [-0.4, -0.2) is 60.6 Å². The Hall–Kier alpha value is -3.81. The summed E-state index contributed by atoms with van der Waals surface area (Å²) in [6, 6.07) is 15.6. The summed E-state index contributed by atoms with van der Waals surface area (Å²) in [5, 5.41) is 8.80. The summed E-state index contributed by atoms with van der Waals surface area (Å²) in [5.41, 5.74) is 3.91. The third kappa shape index (κ3) is 4.55. The predicted molar refractivity (Wildman–Crippen MR) is 124 cm³/mol. The molecule has 33 heavy (non-hydrogen) atoms. The summed E-state index contributed by atoms with van der Waals surface area (Å²) in [6.45, 7) is 6.98. The molecule has 8 heteroatoms. The van der Waals surface area contributed by atoms with Gasteiger partial charge < -0.3 is 24.0 Å². The van der Waals surface area contributed by atoms with Crippen molar-refractivity contribution in [1.82, 2.24) is 15.1 Å². The molecule has 0 saturated carbocycles. The van der Waals surface area contributed by atoms with Gasteiger partial charge in [-0.15, -0.1) is 10.2 Å². The summed E-state index contributed by atoms with van der Waals surface area (Å²) in [4.78, 5) is 16.6. The molecule has 0 bridgehead atoms. The number of aromatic nitrogens is 2. The number of aryl methyl sites for hydroxylation is 2. The SMILES string of the molecule is Cc1ccc(OCC(=O)N2CCN(c3ccc(-c4ccc5c(c4)OCO5)nn3)CC2)c(C)c1. The Kier molecular flexibility index (Phi) is 5.73. The second-order valence-corrected chi connectivity index (χ2v) is 8.27. The molecule has 3 aromatic rings. The van der Waals surface area contributed by atoms with Gasteiger partial charge in [0.25, 0.3) is 5.91 Å². The highest BCUT2D eigenvalue weighted by Gasteiger charge is 2.23. The maximum Gasteiger partial charge on any atom is 0.260 e. The van der Waals surface area contributed by atoms with Gasteiger partial charge in [0.1, 0.15) is 5.75 Å². The van der Waals surface area contributed by atoms with Crippen molar-refractivity contribution in [3.05, 3.63) is 59.7 Å². The molecule has 0 spiro atoms. The van der Waals surface area contributed by atoms with E-state index < -0.39 is 0 Å². The Labute approximate surface area is 192 Å². The molecule has 1 aromatic heterocycles. The van der Waals surface area contributed by atoms with Gasteiger partial charge in [-0.25, -0.2) is 0 Å². The van der Waals surface area contributed by atoms with Gasteiger partial charge in [0.05, 0.1) is 5.69 Å². The minimum absolute atomic E-state index is 0.00105. The molecule has 2 aliphatic heterocycles. The van der Waals surface area contributed by atoms with Crippen LogP contribution in [0.1, 0.15) is 11.1 Å². The van der Waals surface area contributed by atoms with Crippen molar-refractivity contribution in [2.24, 2.45) is 0 Å². The average molecular weight is 447 g/mol. The fraction of sp³-hybridized carbons (Fsp3) is 0.320. The van der Waals surface area contributed by atoms with E-state index in [2.05, 4.69) is 21.2 Å². The van der Waals surface area contributed by atoms with Crippen molar-refractivity contribution in [3.63, 3.8) is 0 Å². The van der Waals surface area contributed by atoms with Crippen molar-refractivity contribution in [2.75, 3.05) is 44.5 Å². The number of carbonyl (C=O) groups excluding carboxylic acids is 1. The summed E-state index contributed by atoms with van der Waals surface area (Å²) < 4.78 is 16.6. The number of fused-ring (bicyclic) bond motifs is 1. The van der Waals surface area contributed by atoms with Crippen molar-refractivity contribution in [2.45, 2.75) is 13.8 Å². The third-order valence-corrected chi connectivity index (χ3v) is 5.96. The molecule has 0 N–H and O–H groups in total. The van der Waals surface area contributed by atoms with E-state index in [1.54, 1.807) is 0 Å². The molecule has 0 unspecified atom stereocenters. The highest BCUT2D eigenvalue weighted by molar-refractivity contribution is 5.78. The molecule has 2 aliphatic rings. The fourth-order valence-corrected chi connectivity index (χ4v) is 4.08. The van der Waals surface area contributed by atoms with Gasteiger partial charge in [-0.3, -0.25) is 4.79 Å². The third-order valence-electron chi connectivity index (χ3n) is 5.96. The highest BCUT2D eigenvalue weighted by Crippen LogP contribution is 2.35. The number of benzene rings is 2. The van der Waals surface area contributed by atoms with E-state index in [0.29, 0.717) is 26.2 Å².